The summed E-state index contributed by atoms with van der Waals surface area (Å²) >= 11 is 0. The van der Waals surface area contributed by atoms with E-state index < -0.39 is 0 Å². The first kappa shape index (κ1) is 20.4. The highest BCUT2D eigenvalue weighted by molar-refractivity contribution is 5.87. The number of amides is 1. The van der Waals surface area contributed by atoms with Crippen molar-refractivity contribution in [3.63, 3.8) is 0 Å². The maximum Gasteiger partial charge on any atom is 0.249 e. The second-order valence-corrected chi connectivity index (χ2v) is 7.17. The second kappa shape index (κ2) is 11.0. The molecule has 0 unspecified atom stereocenters. The van der Waals surface area contributed by atoms with Crippen LogP contribution in [0.1, 0.15) is 57.9 Å². The van der Waals surface area contributed by atoms with Gasteiger partial charge in [0.05, 0.1) is 26.7 Å². The van der Waals surface area contributed by atoms with Gasteiger partial charge < -0.3 is 5.32 Å². The molecule has 0 aliphatic heterocycles. The Bertz CT molecular complexity index is 506. The Balaban J connectivity index is 2.37. The third-order valence-electron chi connectivity index (χ3n) is 4.68. The molecule has 1 amide bonds. The molecule has 0 radical (unpaired) electrons. The van der Waals surface area contributed by atoms with Gasteiger partial charge in [0.15, 0.2) is 0 Å². The number of hydrogen-bond acceptors (Lipinski definition) is 1. The molecule has 0 aromatic heterocycles. The third-order valence-corrected chi connectivity index (χ3v) is 4.68. The molecule has 0 bridgehead atoms. The molecule has 0 fully saturated rings. The normalized spacial score (nSPS) is 12.2. The molecule has 0 heterocycles. The average Bonchev–Trinajstić information content (AvgIpc) is 2.57. The van der Waals surface area contributed by atoms with Crippen molar-refractivity contribution in [2.45, 2.75) is 58.9 Å². The van der Waals surface area contributed by atoms with Gasteiger partial charge in [-0.25, -0.2) is 0 Å². The van der Waals surface area contributed by atoms with Gasteiger partial charge in [0, 0.05) is 13.5 Å². The van der Waals surface area contributed by atoms with E-state index in [9.17, 15) is 4.79 Å². The van der Waals surface area contributed by atoms with Crippen LogP contribution in [0.2, 0.25) is 0 Å². The highest BCUT2D eigenvalue weighted by atomic mass is 16.1. The molecule has 1 N–H and O–H groups in total. The van der Waals surface area contributed by atoms with E-state index in [1.807, 2.05) is 30.3 Å². The van der Waals surface area contributed by atoms with Crippen LogP contribution in [-0.2, 0) is 11.3 Å². The Morgan fingerprint density at radius 3 is 2.33 bits per heavy atom. The molecule has 134 valence electrons. The number of allylic oxidation sites excluding steroid dienone is 1. The number of rotatable bonds is 11. The minimum atomic E-state index is -0.00880. The van der Waals surface area contributed by atoms with Crippen LogP contribution in [-0.4, -0.2) is 31.0 Å². The molecule has 3 heteroatoms. The summed E-state index contributed by atoms with van der Waals surface area (Å²) in [4.78, 5) is 12.1. The highest BCUT2D eigenvalue weighted by Crippen LogP contribution is 2.14. The average molecular weight is 332 g/mol. The fourth-order valence-corrected chi connectivity index (χ4v) is 2.66. The van der Waals surface area contributed by atoms with E-state index in [-0.39, 0.29) is 5.91 Å². The van der Waals surface area contributed by atoms with Gasteiger partial charge in [-0.1, -0.05) is 62.9 Å². The maximum absolute atomic E-state index is 12.1. The predicted octanol–water partition coefficient (Wildman–Crippen LogP) is 4.64. The lowest BCUT2D eigenvalue weighted by molar-refractivity contribution is -0.852. The summed E-state index contributed by atoms with van der Waals surface area (Å²) in [5, 5.41) is 2.97. The van der Waals surface area contributed by atoms with Gasteiger partial charge in [0.1, 0.15) is 5.70 Å². The van der Waals surface area contributed by atoms with Crippen molar-refractivity contribution >= 4 is 5.91 Å². The first-order valence-corrected chi connectivity index (χ1v) is 9.29. The Morgan fingerprint density at radius 2 is 1.67 bits per heavy atom. The minimum Gasteiger partial charge on any atom is -0.348 e. The van der Waals surface area contributed by atoms with E-state index in [1.54, 1.807) is 6.08 Å². The van der Waals surface area contributed by atoms with Gasteiger partial charge in [-0.05, 0) is 18.4 Å². The quantitative estimate of drug-likeness (QED) is 0.357. The van der Waals surface area contributed by atoms with Crippen LogP contribution in [0.25, 0.3) is 0 Å². The van der Waals surface area contributed by atoms with E-state index in [2.05, 4.69) is 33.3 Å². The van der Waals surface area contributed by atoms with Gasteiger partial charge in [0.2, 0.25) is 5.91 Å². The molecule has 0 aliphatic carbocycles. The van der Waals surface area contributed by atoms with Crippen molar-refractivity contribution in [2.24, 2.45) is 0 Å². The number of benzene rings is 1. The summed E-state index contributed by atoms with van der Waals surface area (Å²) < 4.78 is 0.784. The summed E-state index contributed by atoms with van der Waals surface area (Å²) in [6, 6.07) is 10.0. The summed E-state index contributed by atoms with van der Waals surface area (Å²) in [7, 11) is 4.37. The van der Waals surface area contributed by atoms with Crippen molar-refractivity contribution in [1.82, 2.24) is 5.32 Å². The van der Waals surface area contributed by atoms with Crippen LogP contribution in [0.4, 0.5) is 0 Å². The number of quaternary nitrogens is 1. The minimum absolute atomic E-state index is 0.00880. The van der Waals surface area contributed by atoms with Crippen LogP contribution in [0, 0.1) is 0 Å². The standard InChI is InChI=1S/C21H34N2O/c1-5-6-7-8-9-13-16-23(3,4)19(2)17-21(24)22-18-20-14-11-10-12-15-20/h10-12,14-15,17H,5-9,13,16,18H2,1-4H3/p+1/b19-17+. The SMILES string of the molecule is CCCCCCCC[N+](C)(C)/C(C)=C/C(=O)NCc1ccccc1. The largest absolute Gasteiger partial charge is 0.348 e. The topological polar surface area (TPSA) is 29.1 Å². The van der Waals surface area contributed by atoms with Crippen LogP contribution in [0.5, 0.6) is 0 Å². The smallest absolute Gasteiger partial charge is 0.249 e. The molecule has 24 heavy (non-hydrogen) atoms. The van der Waals surface area contributed by atoms with Crippen LogP contribution in [0.15, 0.2) is 42.1 Å². The lowest BCUT2D eigenvalue weighted by Gasteiger charge is -2.30. The molecular weight excluding hydrogens is 296 g/mol. The number of nitrogens with zero attached hydrogens (tertiary/aromatic N) is 1. The lowest BCUT2D eigenvalue weighted by Crippen LogP contribution is -2.39. The first-order chi connectivity index (χ1) is 11.5. The molecule has 3 nitrogen and oxygen atoms in total. The number of hydrogen-bond donors (Lipinski definition) is 1. The van der Waals surface area contributed by atoms with Crippen molar-refractivity contribution in [1.29, 1.82) is 0 Å². The summed E-state index contributed by atoms with van der Waals surface area (Å²) in [6.45, 7) is 5.96. The highest BCUT2D eigenvalue weighted by Gasteiger charge is 2.18. The number of unbranched alkanes of at least 4 members (excludes halogenated alkanes) is 5. The molecule has 1 aromatic rings. The van der Waals surface area contributed by atoms with E-state index in [0.717, 1.165) is 22.3 Å². The molecule has 0 atom stereocenters. The van der Waals surface area contributed by atoms with E-state index >= 15 is 0 Å². The van der Waals surface area contributed by atoms with E-state index in [0.29, 0.717) is 6.54 Å². The molecule has 0 aliphatic rings. The van der Waals surface area contributed by atoms with Gasteiger partial charge >= 0.3 is 0 Å². The van der Waals surface area contributed by atoms with Gasteiger partial charge in [0.25, 0.3) is 0 Å². The monoisotopic (exact) mass is 331 g/mol. The number of nitrogens with one attached hydrogen (secondary N) is 1. The summed E-state index contributed by atoms with van der Waals surface area (Å²) in [6.07, 6.45) is 9.57. The van der Waals surface area contributed by atoms with Gasteiger partial charge in [-0.15, -0.1) is 0 Å². The molecular formula is C21H35N2O+. The Morgan fingerprint density at radius 1 is 1.04 bits per heavy atom. The van der Waals surface area contributed by atoms with E-state index in [4.69, 9.17) is 0 Å². The zero-order valence-electron chi connectivity index (χ0n) is 16.0. The van der Waals surface area contributed by atoms with Gasteiger partial charge in [-0.2, -0.15) is 0 Å². The van der Waals surface area contributed by atoms with Crippen LogP contribution < -0.4 is 5.32 Å². The van der Waals surface area contributed by atoms with Crippen LogP contribution >= 0.6 is 0 Å². The molecule has 0 spiro atoms. The Kier molecular flexibility index (Phi) is 9.39. The zero-order valence-corrected chi connectivity index (χ0v) is 16.0. The second-order valence-electron chi connectivity index (χ2n) is 7.17. The number of carbonyl (C=O) groups excluding carboxylic acids is 1. The number of carbonyl (C=O) groups is 1. The fraction of sp³-hybridized carbons (Fsp3) is 0.571. The predicted molar refractivity (Wildman–Crippen MR) is 102 cm³/mol. The fourth-order valence-electron chi connectivity index (χ4n) is 2.66. The Labute approximate surface area is 148 Å². The summed E-state index contributed by atoms with van der Waals surface area (Å²) in [5.74, 6) is -0.00880. The molecule has 0 saturated heterocycles. The molecule has 0 saturated carbocycles. The van der Waals surface area contributed by atoms with Crippen molar-refractivity contribution in [3.05, 3.63) is 47.7 Å². The zero-order chi connectivity index (χ0) is 17.8. The summed E-state index contributed by atoms with van der Waals surface area (Å²) in [5.41, 5.74) is 2.23. The van der Waals surface area contributed by atoms with Crippen molar-refractivity contribution < 1.29 is 9.28 Å². The van der Waals surface area contributed by atoms with Crippen molar-refractivity contribution in [3.8, 4) is 0 Å². The lowest BCUT2D eigenvalue weighted by atomic mass is 10.1. The maximum atomic E-state index is 12.1. The third kappa shape index (κ3) is 8.30. The van der Waals surface area contributed by atoms with Gasteiger partial charge in [-0.3, -0.25) is 9.28 Å². The molecule has 1 aromatic carbocycles. The van der Waals surface area contributed by atoms with E-state index in [1.165, 1.54) is 38.5 Å². The molecule has 1 rings (SSSR count). The van der Waals surface area contributed by atoms with Crippen molar-refractivity contribution in [2.75, 3.05) is 20.6 Å². The van der Waals surface area contributed by atoms with Crippen LogP contribution in [0.3, 0.4) is 0 Å². The first-order valence-electron chi connectivity index (χ1n) is 9.29. The Hall–Kier alpha value is -1.61.